The highest BCUT2D eigenvalue weighted by Crippen LogP contribution is 2.39. The molecule has 0 fully saturated rings. The molecule has 0 radical (unpaired) electrons. The zero-order valence-corrected chi connectivity index (χ0v) is 15.2. The molecule has 1 N–H and O–H groups in total. The summed E-state index contributed by atoms with van der Waals surface area (Å²) in [7, 11) is -3.24. The van der Waals surface area contributed by atoms with Gasteiger partial charge in [0.2, 0.25) is 0 Å². The average molecular weight is 376 g/mol. The summed E-state index contributed by atoms with van der Waals surface area (Å²) in [5.41, 5.74) is 2.71. The van der Waals surface area contributed by atoms with Crippen molar-refractivity contribution < 1.29 is 17.9 Å². The van der Waals surface area contributed by atoms with E-state index < -0.39 is 9.84 Å². The maximum absolute atomic E-state index is 13.2. The van der Waals surface area contributed by atoms with Crippen LogP contribution in [0.3, 0.4) is 0 Å². The van der Waals surface area contributed by atoms with E-state index in [1.54, 1.807) is 47.7 Å². The van der Waals surface area contributed by atoms with Gasteiger partial charge in [-0.25, -0.2) is 12.8 Å². The number of aliphatic hydroxyl groups is 1. The lowest BCUT2D eigenvalue weighted by atomic mass is 10.0. The molecule has 1 aromatic heterocycles. The SMILES string of the molecule is CS(=O)(=O)c1ccc(-c2cc(CCO)sc2-c2ccc(F)cc2)cc1. The Morgan fingerprint density at radius 1 is 1.00 bits per heavy atom. The van der Waals surface area contributed by atoms with Gasteiger partial charge in [0.05, 0.1) is 4.90 Å². The molecule has 25 heavy (non-hydrogen) atoms. The molecule has 0 bridgehead atoms. The van der Waals surface area contributed by atoms with E-state index >= 15 is 0 Å². The minimum absolute atomic E-state index is 0.0514. The standard InChI is InChI=1S/C19H17FO3S2/c1-25(22,23)17-8-4-13(5-9-17)18-12-16(10-11-21)24-19(18)14-2-6-15(20)7-3-14/h2-9,12,21H,10-11H2,1H3. The fourth-order valence-corrected chi connectivity index (χ4v) is 4.39. The maximum atomic E-state index is 13.2. The number of thiophene rings is 1. The Balaban J connectivity index is 2.09. The van der Waals surface area contributed by atoms with Crippen LogP contribution >= 0.6 is 11.3 Å². The van der Waals surface area contributed by atoms with Crippen LogP contribution in [0.25, 0.3) is 21.6 Å². The van der Waals surface area contributed by atoms with Gasteiger partial charge >= 0.3 is 0 Å². The van der Waals surface area contributed by atoms with E-state index in [0.717, 1.165) is 26.4 Å². The second-order valence-corrected chi connectivity index (χ2v) is 8.89. The molecule has 0 aliphatic rings. The second-order valence-electron chi connectivity index (χ2n) is 5.73. The normalized spacial score (nSPS) is 11.6. The molecule has 3 nitrogen and oxygen atoms in total. The lowest BCUT2D eigenvalue weighted by Crippen LogP contribution is -1.96. The van der Waals surface area contributed by atoms with Gasteiger partial charge in [0, 0.05) is 34.6 Å². The monoisotopic (exact) mass is 376 g/mol. The van der Waals surface area contributed by atoms with Crippen LogP contribution in [-0.2, 0) is 16.3 Å². The summed E-state index contributed by atoms with van der Waals surface area (Å²) in [5.74, 6) is -0.296. The van der Waals surface area contributed by atoms with E-state index in [-0.39, 0.29) is 17.3 Å². The molecule has 0 aliphatic heterocycles. The van der Waals surface area contributed by atoms with Gasteiger partial charge < -0.3 is 5.11 Å². The Morgan fingerprint density at radius 2 is 1.60 bits per heavy atom. The van der Waals surface area contributed by atoms with Gasteiger partial charge in [0.1, 0.15) is 5.82 Å². The molecule has 0 amide bonds. The minimum Gasteiger partial charge on any atom is -0.396 e. The van der Waals surface area contributed by atoms with Crippen molar-refractivity contribution in [2.75, 3.05) is 12.9 Å². The van der Waals surface area contributed by atoms with Gasteiger partial charge in [-0.3, -0.25) is 0 Å². The first-order chi connectivity index (χ1) is 11.9. The van der Waals surface area contributed by atoms with Crippen molar-refractivity contribution in [2.24, 2.45) is 0 Å². The van der Waals surface area contributed by atoms with Crippen molar-refractivity contribution in [3.05, 3.63) is 65.3 Å². The minimum atomic E-state index is -3.24. The first-order valence-electron chi connectivity index (χ1n) is 7.68. The maximum Gasteiger partial charge on any atom is 0.175 e. The van der Waals surface area contributed by atoms with Crippen molar-refractivity contribution in [1.29, 1.82) is 0 Å². The summed E-state index contributed by atoms with van der Waals surface area (Å²) in [6.07, 6.45) is 1.72. The zero-order chi connectivity index (χ0) is 18.0. The van der Waals surface area contributed by atoms with E-state index in [2.05, 4.69) is 0 Å². The molecule has 6 heteroatoms. The molecule has 1 heterocycles. The summed E-state index contributed by atoms with van der Waals surface area (Å²) < 4.78 is 36.5. The van der Waals surface area contributed by atoms with E-state index in [0.29, 0.717) is 6.42 Å². The number of hydrogen-bond acceptors (Lipinski definition) is 4. The number of benzene rings is 2. The number of sulfone groups is 1. The molecule has 0 saturated heterocycles. The molecule has 0 aliphatic carbocycles. The third-order valence-corrected chi connectivity index (χ3v) is 6.21. The topological polar surface area (TPSA) is 54.4 Å². The molecular formula is C19H17FO3S2. The van der Waals surface area contributed by atoms with Crippen molar-refractivity contribution in [2.45, 2.75) is 11.3 Å². The van der Waals surface area contributed by atoms with Crippen LogP contribution in [-0.4, -0.2) is 26.4 Å². The molecule has 130 valence electrons. The largest absolute Gasteiger partial charge is 0.396 e. The summed E-state index contributed by atoms with van der Waals surface area (Å²) in [4.78, 5) is 2.25. The number of rotatable bonds is 5. The third-order valence-electron chi connectivity index (χ3n) is 3.84. The fraction of sp³-hybridized carbons (Fsp3) is 0.158. The van der Waals surface area contributed by atoms with Gasteiger partial charge in [0.15, 0.2) is 9.84 Å². The van der Waals surface area contributed by atoms with Gasteiger partial charge in [-0.05, 0) is 41.5 Å². The molecule has 0 unspecified atom stereocenters. The van der Waals surface area contributed by atoms with Crippen LogP contribution < -0.4 is 0 Å². The highest BCUT2D eigenvalue weighted by molar-refractivity contribution is 7.90. The average Bonchev–Trinajstić information content (AvgIpc) is 2.99. The van der Waals surface area contributed by atoms with E-state index in [9.17, 15) is 17.9 Å². The van der Waals surface area contributed by atoms with Crippen LogP contribution in [0.4, 0.5) is 4.39 Å². The van der Waals surface area contributed by atoms with Crippen LogP contribution in [0.5, 0.6) is 0 Å². The summed E-state index contributed by atoms with van der Waals surface area (Å²) >= 11 is 1.55. The Bertz CT molecular complexity index is 973. The lowest BCUT2D eigenvalue weighted by molar-refractivity contribution is 0.300. The van der Waals surface area contributed by atoms with Crippen molar-refractivity contribution in [1.82, 2.24) is 0 Å². The van der Waals surface area contributed by atoms with E-state index in [1.807, 2.05) is 6.07 Å². The molecule has 2 aromatic carbocycles. The number of aliphatic hydroxyl groups excluding tert-OH is 1. The van der Waals surface area contributed by atoms with Crippen molar-refractivity contribution in [3.8, 4) is 21.6 Å². The summed E-state index contributed by atoms with van der Waals surface area (Å²) in [6, 6.07) is 15.0. The van der Waals surface area contributed by atoms with Gasteiger partial charge in [-0.2, -0.15) is 0 Å². The van der Waals surface area contributed by atoms with Gasteiger partial charge in [0.25, 0.3) is 0 Å². The van der Waals surface area contributed by atoms with Gasteiger partial charge in [-0.1, -0.05) is 24.3 Å². The van der Waals surface area contributed by atoms with Crippen LogP contribution in [0, 0.1) is 5.82 Å². The summed E-state index contributed by atoms with van der Waals surface area (Å²) in [6.45, 7) is 0.0514. The molecule has 0 spiro atoms. The zero-order valence-electron chi connectivity index (χ0n) is 13.6. The molecule has 3 aromatic rings. The third kappa shape index (κ3) is 3.98. The van der Waals surface area contributed by atoms with E-state index in [1.165, 1.54) is 18.4 Å². The van der Waals surface area contributed by atoms with E-state index in [4.69, 9.17) is 0 Å². The quantitative estimate of drug-likeness (QED) is 0.727. The Labute approximate surface area is 150 Å². The Hall–Kier alpha value is -2.02. The number of hydrogen-bond donors (Lipinski definition) is 1. The fourth-order valence-electron chi connectivity index (χ4n) is 2.59. The molecule has 0 atom stereocenters. The first kappa shape index (κ1) is 17.8. The highest BCUT2D eigenvalue weighted by atomic mass is 32.2. The summed E-state index contributed by atoms with van der Waals surface area (Å²) in [5, 5.41) is 9.21. The Kier molecular flexibility index (Phi) is 5.03. The predicted octanol–water partition coefficient (Wildman–Crippen LogP) is 4.16. The lowest BCUT2D eigenvalue weighted by Gasteiger charge is -2.06. The van der Waals surface area contributed by atoms with Crippen LogP contribution in [0.1, 0.15) is 4.88 Å². The first-order valence-corrected chi connectivity index (χ1v) is 10.4. The smallest absolute Gasteiger partial charge is 0.175 e. The van der Waals surface area contributed by atoms with Crippen molar-refractivity contribution >= 4 is 21.2 Å². The molecule has 0 saturated carbocycles. The van der Waals surface area contributed by atoms with Crippen LogP contribution in [0.2, 0.25) is 0 Å². The number of halogens is 1. The predicted molar refractivity (Wildman–Crippen MR) is 99.0 cm³/mol. The highest BCUT2D eigenvalue weighted by Gasteiger charge is 2.14. The molecule has 3 rings (SSSR count). The Morgan fingerprint density at radius 3 is 2.16 bits per heavy atom. The van der Waals surface area contributed by atoms with Crippen LogP contribution in [0.15, 0.2) is 59.5 Å². The van der Waals surface area contributed by atoms with Gasteiger partial charge in [-0.15, -0.1) is 11.3 Å². The second kappa shape index (κ2) is 7.07. The van der Waals surface area contributed by atoms with Crippen molar-refractivity contribution in [3.63, 3.8) is 0 Å². The molecular weight excluding hydrogens is 359 g/mol.